The van der Waals surface area contributed by atoms with Crippen molar-refractivity contribution < 1.29 is 32.2 Å². The van der Waals surface area contributed by atoms with E-state index < -0.39 is 21.9 Å². The minimum absolute atomic E-state index is 0.00654. The molecule has 0 saturated carbocycles. The zero-order valence-electron chi connectivity index (χ0n) is 17.2. The molecule has 0 aromatic heterocycles. The first-order chi connectivity index (χ1) is 14.2. The Morgan fingerprint density at radius 2 is 1.77 bits per heavy atom. The van der Waals surface area contributed by atoms with E-state index in [0.717, 1.165) is 4.31 Å². The molecule has 0 atom stereocenters. The normalized spacial score (nSPS) is 11.1. The summed E-state index contributed by atoms with van der Waals surface area (Å²) in [6.07, 6.45) is 0. The molecule has 30 heavy (non-hydrogen) atoms. The molecular formula is C20H24N2O7S. The van der Waals surface area contributed by atoms with Crippen LogP contribution in [0.3, 0.4) is 0 Å². The largest absolute Gasteiger partial charge is 0.497 e. The molecule has 0 aliphatic carbocycles. The van der Waals surface area contributed by atoms with Gasteiger partial charge in [-0.1, -0.05) is 18.2 Å². The molecule has 0 unspecified atom stereocenters. The van der Waals surface area contributed by atoms with Crippen LogP contribution in [0, 0.1) is 0 Å². The molecule has 9 nitrogen and oxygen atoms in total. The quantitative estimate of drug-likeness (QED) is 0.592. The maximum atomic E-state index is 12.4. The average molecular weight is 436 g/mol. The van der Waals surface area contributed by atoms with Crippen molar-refractivity contribution in [2.75, 3.05) is 34.9 Å². The van der Waals surface area contributed by atoms with Gasteiger partial charge in [-0.3, -0.25) is 4.79 Å². The summed E-state index contributed by atoms with van der Waals surface area (Å²) in [4.78, 5) is 24.2. The summed E-state index contributed by atoms with van der Waals surface area (Å²) < 4.78 is 41.2. The van der Waals surface area contributed by atoms with E-state index in [1.54, 1.807) is 24.3 Å². The fraction of sp³-hybridized carbons (Fsp3) is 0.300. The van der Waals surface area contributed by atoms with Gasteiger partial charge in [0.25, 0.3) is 5.91 Å². The molecule has 2 aromatic rings. The van der Waals surface area contributed by atoms with Gasteiger partial charge < -0.3 is 19.5 Å². The summed E-state index contributed by atoms with van der Waals surface area (Å²) in [7, 11) is 1.92. The van der Waals surface area contributed by atoms with Crippen LogP contribution in [0.5, 0.6) is 11.5 Å². The molecule has 0 bridgehead atoms. The predicted molar refractivity (Wildman–Crippen MR) is 109 cm³/mol. The van der Waals surface area contributed by atoms with Gasteiger partial charge in [0.15, 0.2) is 6.61 Å². The number of ether oxygens (including phenoxy) is 3. The zero-order chi connectivity index (χ0) is 22.3. The Kier molecular flexibility index (Phi) is 7.79. The van der Waals surface area contributed by atoms with E-state index in [9.17, 15) is 18.0 Å². The molecule has 0 aliphatic rings. The molecule has 1 N–H and O–H groups in total. The van der Waals surface area contributed by atoms with Gasteiger partial charge in [0.05, 0.1) is 19.1 Å². The highest BCUT2D eigenvalue weighted by atomic mass is 32.2. The van der Waals surface area contributed by atoms with Crippen LogP contribution in [-0.2, 0) is 26.1 Å². The summed E-state index contributed by atoms with van der Waals surface area (Å²) >= 11 is 0. The van der Waals surface area contributed by atoms with Crippen LogP contribution in [0.25, 0.3) is 0 Å². The number of hydrogen-bond acceptors (Lipinski definition) is 7. The van der Waals surface area contributed by atoms with Crippen LogP contribution >= 0.6 is 0 Å². The minimum atomic E-state index is -3.65. The molecule has 0 aliphatic heterocycles. The van der Waals surface area contributed by atoms with E-state index in [-0.39, 0.29) is 29.4 Å². The highest BCUT2D eigenvalue weighted by Gasteiger charge is 2.21. The van der Waals surface area contributed by atoms with E-state index in [1.807, 2.05) is 0 Å². The Bertz CT molecular complexity index is 1020. The number of methoxy groups -OCH3 is 2. The number of nitrogens with zero attached hydrogens (tertiary/aromatic N) is 1. The minimum Gasteiger partial charge on any atom is -0.497 e. The fourth-order valence-corrected chi connectivity index (χ4v) is 3.63. The Morgan fingerprint density at radius 3 is 2.40 bits per heavy atom. The lowest BCUT2D eigenvalue weighted by Crippen LogP contribution is -2.30. The molecule has 162 valence electrons. The van der Waals surface area contributed by atoms with Gasteiger partial charge in [-0.15, -0.1) is 0 Å². The highest BCUT2D eigenvalue weighted by Crippen LogP contribution is 2.25. The number of sulfonamides is 1. The Balaban J connectivity index is 2.08. The standard InChI is InChI=1S/C20H24N2O7S/c1-22(2)30(25,26)18-8-6-5-7-14(18)12-21-19(23)13-29-17-11-15(27-3)9-10-16(17)20(24)28-4/h5-11H,12-13H2,1-4H3,(H,21,23). The first-order valence-corrected chi connectivity index (χ1v) is 10.3. The number of nitrogens with one attached hydrogen (secondary N) is 1. The summed E-state index contributed by atoms with van der Waals surface area (Å²) in [5.74, 6) is -0.533. The van der Waals surface area contributed by atoms with Crippen molar-refractivity contribution in [3.63, 3.8) is 0 Å². The van der Waals surface area contributed by atoms with Crippen molar-refractivity contribution in [2.45, 2.75) is 11.4 Å². The Labute approximate surface area is 175 Å². The van der Waals surface area contributed by atoms with Crippen LogP contribution in [0.1, 0.15) is 15.9 Å². The number of amides is 1. The van der Waals surface area contributed by atoms with Gasteiger partial charge in [0.1, 0.15) is 17.1 Å². The molecule has 0 spiro atoms. The Morgan fingerprint density at radius 1 is 1.07 bits per heavy atom. The van der Waals surface area contributed by atoms with Crippen molar-refractivity contribution >= 4 is 21.9 Å². The van der Waals surface area contributed by atoms with Crippen molar-refractivity contribution in [3.8, 4) is 11.5 Å². The second-order valence-corrected chi connectivity index (χ2v) is 8.43. The third-order valence-corrected chi connectivity index (χ3v) is 6.08. The summed E-state index contributed by atoms with van der Waals surface area (Å²) in [5.41, 5.74) is 0.588. The molecule has 10 heteroatoms. The number of carbonyl (C=O) groups is 2. The monoisotopic (exact) mass is 436 g/mol. The van der Waals surface area contributed by atoms with Gasteiger partial charge in [0, 0.05) is 26.7 Å². The lowest BCUT2D eigenvalue weighted by Gasteiger charge is -2.16. The molecule has 0 saturated heterocycles. The number of hydrogen-bond donors (Lipinski definition) is 1. The van der Waals surface area contributed by atoms with Crippen LogP contribution in [0.2, 0.25) is 0 Å². The van der Waals surface area contributed by atoms with E-state index in [1.165, 1.54) is 46.5 Å². The number of esters is 1. The Hall–Kier alpha value is -3.11. The summed E-state index contributed by atoms with van der Waals surface area (Å²) in [6, 6.07) is 10.9. The third-order valence-electron chi connectivity index (χ3n) is 4.16. The first kappa shape index (κ1) is 23.2. The van der Waals surface area contributed by atoms with Gasteiger partial charge in [-0.05, 0) is 23.8 Å². The molecule has 2 rings (SSSR count). The van der Waals surface area contributed by atoms with Crippen LogP contribution in [-0.4, -0.2) is 59.5 Å². The smallest absolute Gasteiger partial charge is 0.341 e. The summed E-state index contributed by atoms with van der Waals surface area (Å²) in [6.45, 7) is -0.396. The lowest BCUT2D eigenvalue weighted by molar-refractivity contribution is -0.123. The first-order valence-electron chi connectivity index (χ1n) is 8.87. The number of rotatable bonds is 9. The van der Waals surface area contributed by atoms with E-state index in [2.05, 4.69) is 5.32 Å². The van der Waals surface area contributed by atoms with Crippen molar-refractivity contribution in [2.24, 2.45) is 0 Å². The maximum Gasteiger partial charge on any atom is 0.341 e. The fourth-order valence-electron chi connectivity index (χ4n) is 2.51. The van der Waals surface area contributed by atoms with Gasteiger partial charge in [0.2, 0.25) is 10.0 Å². The molecule has 0 radical (unpaired) electrons. The maximum absolute atomic E-state index is 12.4. The molecule has 0 fully saturated rings. The number of benzene rings is 2. The molecular weight excluding hydrogens is 412 g/mol. The van der Waals surface area contributed by atoms with Crippen molar-refractivity contribution in [3.05, 3.63) is 53.6 Å². The molecule has 2 aromatic carbocycles. The van der Waals surface area contributed by atoms with E-state index >= 15 is 0 Å². The van der Waals surface area contributed by atoms with Crippen LogP contribution < -0.4 is 14.8 Å². The van der Waals surface area contributed by atoms with E-state index in [0.29, 0.717) is 11.3 Å². The second kappa shape index (κ2) is 10.1. The van der Waals surface area contributed by atoms with Gasteiger partial charge in [-0.2, -0.15) is 0 Å². The lowest BCUT2D eigenvalue weighted by atomic mass is 10.2. The van der Waals surface area contributed by atoms with Crippen LogP contribution in [0.4, 0.5) is 0 Å². The van der Waals surface area contributed by atoms with Gasteiger partial charge >= 0.3 is 5.97 Å². The van der Waals surface area contributed by atoms with Crippen molar-refractivity contribution in [1.82, 2.24) is 9.62 Å². The zero-order valence-corrected chi connectivity index (χ0v) is 18.0. The topological polar surface area (TPSA) is 111 Å². The van der Waals surface area contributed by atoms with E-state index in [4.69, 9.17) is 14.2 Å². The summed E-state index contributed by atoms with van der Waals surface area (Å²) in [5, 5.41) is 2.62. The second-order valence-electron chi connectivity index (χ2n) is 6.31. The number of carbonyl (C=O) groups excluding carboxylic acids is 2. The molecule has 0 heterocycles. The van der Waals surface area contributed by atoms with Crippen molar-refractivity contribution in [1.29, 1.82) is 0 Å². The van der Waals surface area contributed by atoms with Gasteiger partial charge in [-0.25, -0.2) is 17.5 Å². The predicted octanol–water partition coefficient (Wildman–Crippen LogP) is 1.43. The highest BCUT2D eigenvalue weighted by molar-refractivity contribution is 7.89. The molecule has 1 amide bonds. The SMILES string of the molecule is COC(=O)c1ccc(OC)cc1OCC(=O)NCc1ccccc1S(=O)(=O)N(C)C. The average Bonchev–Trinajstić information content (AvgIpc) is 2.75. The van der Waals surface area contributed by atoms with Crippen LogP contribution in [0.15, 0.2) is 47.4 Å². The third kappa shape index (κ3) is 5.49.